The quantitative estimate of drug-likeness (QED) is 0.0327. The van der Waals surface area contributed by atoms with E-state index >= 15 is 0 Å². The van der Waals surface area contributed by atoms with Crippen LogP contribution in [-0.2, 0) is 64.0 Å². The fourth-order valence-electron chi connectivity index (χ4n) is 8.55. The number of rotatable bonds is 36. The molecule has 1 aliphatic heterocycles. The summed E-state index contributed by atoms with van der Waals surface area (Å²) in [4.78, 5) is 0. The highest BCUT2D eigenvalue weighted by molar-refractivity contribution is 6.74. The predicted octanol–water partition coefficient (Wildman–Crippen LogP) is 14.6. The number of unbranched alkanes of at least 4 members (excludes halogenated alkanes) is 13. The molecule has 0 radical (unpaired) electrons. The fraction of sp³-hybridized carbons (Fsp3) is 0.600. The maximum Gasteiger partial charge on any atom is 0.192 e. The van der Waals surface area contributed by atoms with Crippen molar-refractivity contribution in [2.45, 2.75) is 199 Å². The summed E-state index contributed by atoms with van der Waals surface area (Å²) < 4.78 is 60.3. The highest BCUT2D eigenvalue weighted by atomic mass is 28.4. The summed E-state index contributed by atoms with van der Waals surface area (Å²) in [6, 6.07) is 38.5. The van der Waals surface area contributed by atoms with E-state index in [1.54, 1.807) is 7.11 Å². The average Bonchev–Trinajstić information content (AvgIpc) is 3.37. The second-order valence-electron chi connectivity index (χ2n) is 20.7. The molecule has 0 amide bonds. The largest absolute Gasteiger partial charge is 0.497 e. The van der Waals surface area contributed by atoms with Crippen LogP contribution < -0.4 is 4.74 Å². The van der Waals surface area contributed by atoms with Crippen LogP contribution in [0.15, 0.2) is 115 Å². The lowest BCUT2D eigenvalue weighted by molar-refractivity contribution is -0.331. The monoisotopic (exact) mass is 983 g/mol. The molecule has 70 heavy (non-hydrogen) atoms. The first-order valence-corrected chi connectivity index (χ1v) is 29.7. The minimum absolute atomic E-state index is 0.00650. The molecule has 1 fully saturated rings. The molecule has 9 nitrogen and oxygen atoms in total. The van der Waals surface area contributed by atoms with Crippen molar-refractivity contribution in [3.05, 3.63) is 138 Å². The first-order valence-electron chi connectivity index (χ1n) is 26.8. The highest BCUT2D eigenvalue weighted by Gasteiger charge is 2.49. The molecule has 6 atom stereocenters. The van der Waals surface area contributed by atoms with Gasteiger partial charge in [-0.15, -0.1) is 0 Å². The van der Waals surface area contributed by atoms with Gasteiger partial charge in [-0.1, -0.05) is 214 Å². The topological polar surface area (TPSA) is 83.1 Å². The first kappa shape index (κ1) is 57.5. The standard InChI is InChI=1S/C60H90O9Si/c1-8-9-10-11-12-13-14-15-16-17-18-19-20-30-41-62-46-54(69-70(6,7)60(2,3)4)47-67-59-58(66-44-51-35-28-23-29-36-51)57(65-45-52-37-39-53(61-5)40-38-52)56(64-43-50-33-26-22-27-34-50)55(68-59)48-63-42-49-31-24-21-25-32-49/h21-29,31-40,54-59H,8-20,30,41-48H2,1-7H3/t54-,55-,56+,57+,58-,59-/m1/s1. The normalized spacial score (nSPS) is 19.0. The van der Waals surface area contributed by atoms with Gasteiger partial charge in [-0.3, -0.25) is 0 Å². The minimum atomic E-state index is -2.24. The minimum Gasteiger partial charge on any atom is -0.497 e. The summed E-state index contributed by atoms with van der Waals surface area (Å²) in [7, 11) is -0.563. The summed E-state index contributed by atoms with van der Waals surface area (Å²) in [6.45, 7) is 16.7. The smallest absolute Gasteiger partial charge is 0.192 e. The van der Waals surface area contributed by atoms with Gasteiger partial charge in [0, 0.05) is 6.61 Å². The maximum absolute atomic E-state index is 7.08. The first-order chi connectivity index (χ1) is 34.1. The number of benzene rings is 4. The van der Waals surface area contributed by atoms with Crippen LogP contribution in [0.25, 0.3) is 0 Å². The zero-order valence-electron chi connectivity index (χ0n) is 44.2. The van der Waals surface area contributed by atoms with Gasteiger partial charge in [-0.05, 0) is 58.9 Å². The molecule has 388 valence electrons. The Bertz CT molecular complexity index is 1890. The van der Waals surface area contributed by atoms with Gasteiger partial charge in [0.25, 0.3) is 0 Å². The van der Waals surface area contributed by atoms with Crippen LogP contribution in [0.5, 0.6) is 5.75 Å². The van der Waals surface area contributed by atoms with Crippen molar-refractivity contribution < 1.29 is 42.3 Å². The zero-order chi connectivity index (χ0) is 49.7. The molecule has 0 unspecified atom stereocenters. The Morgan fingerprint density at radius 3 is 1.46 bits per heavy atom. The van der Waals surface area contributed by atoms with E-state index in [4.69, 9.17) is 42.3 Å². The van der Waals surface area contributed by atoms with E-state index in [0.717, 1.165) is 34.4 Å². The van der Waals surface area contributed by atoms with Gasteiger partial charge in [0.1, 0.15) is 30.2 Å². The third-order valence-corrected chi connectivity index (χ3v) is 18.4. The van der Waals surface area contributed by atoms with Gasteiger partial charge in [-0.25, -0.2) is 0 Å². The highest BCUT2D eigenvalue weighted by Crippen LogP contribution is 2.38. The molecule has 0 spiro atoms. The molecule has 0 saturated carbocycles. The molecular formula is C60H90O9Si. The third kappa shape index (κ3) is 21.3. The number of hydrogen-bond donors (Lipinski definition) is 0. The molecule has 10 heteroatoms. The van der Waals surface area contributed by atoms with Crippen LogP contribution in [0.1, 0.15) is 140 Å². The van der Waals surface area contributed by atoms with Crippen molar-refractivity contribution >= 4 is 8.32 Å². The Balaban J connectivity index is 1.31. The van der Waals surface area contributed by atoms with E-state index in [0.29, 0.717) is 39.6 Å². The summed E-state index contributed by atoms with van der Waals surface area (Å²) in [5.41, 5.74) is 4.13. The summed E-state index contributed by atoms with van der Waals surface area (Å²) >= 11 is 0. The second-order valence-corrected chi connectivity index (χ2v) is 25.5. The van der Waals surface area contributed by atoms with Crippen LogP contribution in [0, 0.1) is 0 Å². The average molecular weight is 983 g/mol. The van der Waals surface area contributed by atoms with Crippen molar-refractivity contribution in [1.29, 1.82) is 0 Å². The molecular weight excluding hydrogens is 893 g/mol. The van der Waals surface area contributed by atoms with E-state index in [9.17, 15) is 0 Å². The Kier molecular flexibility index (Phi) is 26.8. The van der Waals surface area contributed by atoms with E-state index in [1.165, 1.54) is 83.5 Å². The molecule has 5 rings (SSSR count). The molecule has 0 aliphatic carbocycles. The van der Waals surface area contributed by atoms with Crippen molar-refractivity contribution in [3.63, 3.8) is 0 Å². The molecule has 1 heterocycles. The zero-order valence-corrected chi connectivity index (χ0v) is 45.2. The fourth-order valence-corrected chi connectivity index (χ4v) is 9.88. The summed E-state index contributed by atoms with van der Waals surface area (Å²) in [5.74, 6) is 0.782. The Labute approximate surface area is 424 Å². The van der Waals surface area contributed by atoms with Gasteiger partial charge in [0.2, 0.25) is 0 Å². The van der Waals surface area contributed by atoms with Crippen molar-refractivity contribution in [3.8, 4) is 5.75 Å². The summed E-state index contributed by atoms with van der Waals surface area (Å²) in [5, 5.41) is -0.00650. The molecule has 0 N–H and O–H groups in total. The summed E-state index contributed by atoms with van der Waals surface area (Å²) in [6.07, 6.45) is 15.0. The molecule has 4 aromatic rings. The van der Waals surface area contributed by atoms with E-state index in [2.05, 4.69) is 77.2 Å². The van der Waals surface area contributed by atoms with Crippen molar-refractivity contribution in [2.75, 3.05) is 33.5 Å². The van der Waals surface area contributed by atoms with E-state index in [1.807, 2.05) is 78.9 Å². The maximum atomic E-state index is 7.08. The molecule has 0 aromatic heterocycles. The third-order valence-electron chi connectivity index (χ3n) is 13.8. The number of hydrogen-bond acceptors (Lipinski definition) is 9. The van der Waals surface area contributed by atoms with Crippen LogP contribution >= 0.6 is 0 Å². The Hall–Kier alpha value is -3.42. The van der Waals surface area contributed by atoms with Gasteiger partial charge >= 0.3 is 0 Å². The van der Waals surface area contributed by atoms with Crippen molar-refractivity contribution in [2.24, 2.45) is 0 Å². The van der Waals surface area contributed by atoms with Gasteiger partial charge in [0.05, 0.1) is 59.5 Å². The molecule has 1 saturated heterocycles. The predicted molar refractivity (Wildman–Crippen MR) is 286 cm³/mol. The second kappa shape index (κ2) is 32.6. The lowest BCUT2D eigenvalue weighted by atomic mass is 9.97. The van der Waals surface area contributed by atoms with Crippen LogP contribution in [-0.4, -0.2) is 78.7 Å². The van der Waals surface area contributed by atoms with Gasteiger partial charge < -0.3 is 42.3 Å². The van der Waals surface area contributed by atoms with Crippen molar-refractivity contribution in [1.82, 2.24) is 0 Å². The van der Waals surface area contributed by atoms with E-state index in [-0.39, 0.29) is 24.4 Å². The lowest BCUT2D eigenvalue weighted by Crippen LogP contribution is -2.62. The lowest BCUT2D eigenvalue weighted by Gasteiger charge is -2.46. The Morgan fingerprint density at radius 2 is 0.957 bits per heavy atom. The number of ether oxygens (including phenoxy) is 8. The number of methoxy groups -OCH3 is 1. The Morgan fingerprint density at radius 1 is 0.500 bits per heavy atom. The van der Waals surface area contributed by atoms with Crippen LogP contribution in [0.3, 0.4) is 0 Å². The van der Waals surface area contributed by atoms with Gasteiger partial charge in [0.15, 0.2) is 14.6 Å². The van der Waals surface area contributed by atoms with E-state index < -0.39 is 39.0 Å². The van der Waals surface area contributed by atoms with Crippen LogP contribution in [0.4, 0.5) is 0 Å². The molecule has 1 aliphatic rings. The van der Waals surface area contributed by atoms with Crippen LogP contribution in [0.2, 0.25) is 18.1 Å². The SMILES string of the molecule is CCCCCCCCCCCCCCCCOC[C@H](CO[C@@H]1O[C@H](COCc2ccccc2)[C@H](OCc2ccccc2)[C@H](OCc2ccc(OC)cc2)[C@H]1OCc1ccccc1)O[Si](C)(C)C(C)(C)C. The molecule has 0 bridgehead atoms. The molecule has 4 aromatic carbocycles. The van der Waals surface area contributed by atoms with Gasteiger partial charge in [-0.2, -0.15) is 0 Å².